The maximum Gasteiger partial charge on any atom is 0.0711 e. The Morgan fingerprint density at radius 1 is 1.53 bits per heavy atom. The molecule has 2 heterocycles. The van der Waals surface area contributed by atoms with E-state index in [4.69, 9.17) is 4.74 Å². The fraction of sp³-hybridized carbons (Fsp3) is 0.727. The first kappa shape index (κ1) is 10.6. The van der Waals surface area contributed by atoms with Gasteiger partial charge in [-0.25, -0.2) is 0 Å². The summed E-state index contributed by atoms with van der Waals surface area (Å²) in [6.45, 7) is 1.44. The standard InChI is InChI=1S/C11H18N2O2/c1-13-9-10(8-12-13)7-11(14)3-2-5-15-6-4-11/h8-9,14H,2-7H2,1H3. The third-order valence-electron chi connectivity index (χ3n) is 2.93. The Bertz CT molecular complexity index is 314. The van der Waals surface area contributed by atoms with E-state index in [9.17, 15) is 5.11 Å². The third kappa shape index (κ3) is 2.79. The zero-order valence-electron chi connectivity index (χ0n) is 9.15. The van der Waals surface area contributed by atoms with Crippen molar-refractivity contribution in [2.45, 2.75) is 31.3 Å². The van der Waals surface area contributed by atoms with Gasteiger partial charge in [-0.1, -0.05) is 0 Å². The third-order valence-corrected chi connectivity index (χ3v) is 2.93. The predicted molar refractivity (Wildman–Crippen MR) is 56.5 cm³/mol. The highest BCUT2D eigenvalue weighted by Crippen LogP contribution is 2.25. The van der Waals surface area contributed by atoms with Gasteiger partial charge in [-0.15, -0.1) is 0 Å². The van der Waals surface area contributed by atoms with Crippen molar-refractivity contribution in [3.63, 3.8) is 0 Å². The molecule has 2 rings (SSSR count). The zero-order chi connectivity index (χ0) is 10.7. The normalized spacial score (nSPS) is 27.6. The minimum absolute atomic E-state index is 0.598. The molecule has 0 spiro atoms. The highest BCUT2D eigenvalue weighted by Gasteiger charge is 2.28. The second kappa shape index (κ2) is 4.33. The summed E-state index contributed by atoms with van der Waals surface area (Å²) in [7, 11) is 1.89. The van der Waals surface area contributed by atoms with Gasteiger partial charge >= 0.3 is 0 Å². The number of aryl methyl sites for hydroxylation is 1. The van der Waals surface area contributed by atoms with E-state index in [1.165, 1.54) is 0 Å². The molecule has 1 N–H and O–H groups in total. The number of aliphatic hydroxyl groups is 1. The van der Waals surface area contributed by atoms with Crippen LogP contribution in [0.3, 0.4) is 0 Å². The van der Waals surface area contributed by atoms with Gasteiger partial charge in [0.2, 0.25) is 0 Å². The molecule has 4 heteroatoms. The van der Waals surface area contributed by atoms with Gasteiger partial charge in [0.05, 0.1) is 11.8 Å². The molecule has 0 saturated carbocycles. The van der Waals surface area contributed by atoms with Gasteiger partial charge in [0.15, 0.2) is 0 Å². The average Bonchev–Trinajstić information content (AvgIpc) is 2.46. The van der Waals surface area contributed by atoms with Crippen molar-refractivity contribution in [2.24, 2.45) is 7.05 Å². The Kier molecular flexibility index (Phi) is 3.07. The molecule has 0 radical (unpaired) electrons. The van der Waals surface area contributed by atoms with Gasteiger partial charge in [0, 0.05) is 32.9 Å². The first-order chi connectivity index (χ1) is 7.18. The van der Waals surface area contributed by atoms with Gasteiger partial charge < -0.3 is 9.84 Å². The number of rotatable bonds is 2. The van der Waals surface area contributed by atoms with Crippen LogP contribution in [0.2, 0.25) is 0 Å². The smallest absolute Gasteiger partial charge is 0.0711 e. The number of hydrogen-bond acceptors (Lipinski definition) is 3. The van der Waals surface area contributed by atoms with Crippen molar-refractivity contribution in [1.29, 1.82) is 0 Å². The quantitative estimate of drug-likeness (QED) is 0.788. The van der Waals surface area contributed by atoms with Crippen LogP contribution in [0.15, 0.2) is 12.4 Å². The van der Waals surface area contributed by atoms with Gasteiger partial charge in [0.25, 0.3) is 0 Å². The number of hydrogen-bond donors (Lipinski definition) is 1. The zero-order valence-corrected chi connectivity index (χ0v) is 9.15. The maximum absolute atomic E-state index is 10.4. The summed E-state index contributed by atoms with van der Waals surface area (Å²) in [6, 6.07) is 0. The van der Waals surface area contributed by atoms with E-state index in [0.717, 1.165) is 31.4 Å². The van der Waals surface area contributed by atoms with Crippen LogP contribution in [0.25, 0.3) is 0 Å². The second-order valence-corrected chi connectivity index (χ2v) is 4.39. The first-order valence-corrected chi connectivity index (χ1v) is 5.46. The van der Waals surface area contributed by atoms with Crippen LogP contribution < -0.4 is 0 Å². The highest BCUT2D eigenvalue weighted by molar-refractivity contribution is 5.08. The van der Waals surface area contributed by atoms with Gasteiger partial charge in [-0.05, 0) is 24.8 Å². The van der Waals surface area contributed by atoms with E-state index in [2.05, 4.69) is 5.10 Å². The van der Waals surface area contributed by atoms with Gasteiger partial charge in [0.1, 0.15) is 0 Å². The van der Waals surface area contributed by atoms with Crippen LogP contribution in [0.5, 0.6) is 0 Å². The Morgan fingerprint density at radius 2 is 2.40 bits per heavy atom. The Balaban J connectivity index is 2.02. The molecule has 1 aliphatic heterocycles. The van der Waals surface area contributed by atoms with Crippen LogP contribution in [0.4, 0.5) is 0 Å². The van der Waals surface area contributed by atoms with E-state index >= 15 is 0 Å². The summed E-state index contributed by atoms with van der Waals surface area (Å²) in [6.07, 6.45) is 6.96. The lowest BCUT2D eigenvalue weighted by atomic mass is 9.89. The molecule has 15 heavy (non-hydrogen) atoms. The monoisotopic (exact) mass is 210 g/mol. The van der Waals surface area contributed by atoms with Gasteiger partial charge in [-0.2, -0.15) is 5.10 Å². The molecule has 84 valence electrons. The van der Waals surface area contributed by atoms with E-state index in [1.54, 1.807) is 4.68 Å². The molecule has 0 amide bonds. The minimum Gasteiger partial charge on any atom is -0.389 e. The predicted octanol–water partition coefficient (Wildman–Crippen LogP) is 0.894. The fourth-order valence-electron chi connectivity index (χ4n) is 2.11. The minimum atomic E-state index is -0.598. The number of aromatic nitrogens is 2. The van der Waals surface area contributed by atoms with Gasteiger partial charge in [-0.3, -0.25) is 4.68 Å². The van der Waals surface area contributed by atoms with E-state index in [1.807, 2.05) is 19.4 Å². The lowest BCUT2D eigenvalue weighted by Gasteiger charge is -2.25. The van der Waals surface area contributed by atoms with Crippen molar-refractivity contribution < 1.29 is 9.84 Å². The van der Waals surface area contributed by atoms with Crippen molar-refractivity contribution in [2.75, 3.05) is 13.2 Å². The van der Waals surface area contributed by atoms with Crippen LogP contribution in [-0.4, -0.2) is 33.7 Å². The molecule has 1 aromatic heterocycles. The molecule has 0 aliphatic carbocycles. The van der Waals surface area contributed by atoms with Crippen molar-refractivity contribution in [3.8, 4) is 0 Å². The van der Waals surface area contributed by atoms with Crippen LogP contribution in [-0.2, 0) is 18.2 Å². The van der Waals surface area contributed by atoms with E-state index < -0.39 is 5.60 Å². The van der Waals surface area contributed by atoms with E-state index in [-0.39, 0.29) is 0 Å². The lowest BCUT2D eigenvalue weighted by Crippen LogP contribution is -2.31. The average molecular weight is 210 g/mol. The van der Waals surface area contributed by atoms with Crippen LogP contribution >= 0.6 is 0 Å². The molecule has 0 bridgehead atoms. The molecular weight excluding hydrogens is 192 g/mol. The second-order valence-electron chi connectivity index (χ2n) is 4.39. The molecule has 1 saturated heterocycles. The summed E-state index contributed by atoms with van der Waals surface area (Å²) >= 11 is 0. The highest BCUT2D eigenvalue weighted by atomic mass is 16.5. The molecule has 1 fully saturated rings. The Morgan fingerprint density at radius 3 is 3.13 bits per heavy atom. The summed E-state index contributed by atoms with van der Waals surface area (Å²) in [4.78, 5) is 0. The fourth-order valence-corrected chi connectivity index (χ4v) is 2.11. The SMILES string of the molecule is Cn1cc(CC2(O)CCCOCC2)cn1. The molecule has 1 aliphatic rings. The Hall–Kier alpha value is -0.870. The first-order valence-electron chi connectivity index (χ1n) is 5.46. The Labute approximate surface area is 89.9 Å². The number of ether oxygens (including phenoxy) is 1. The molecule has 1 atom stereocenters. The van der Waals surface area contributed by atoms with Crippen LogP contribution in [0.1, 0.15) is 24.8 Å². The lowest BCUT2D eigenvalue weighted by molar-refractivity contribution is 0.0188. The maximum atomic E-state index is 10.4. The molecule has 1 aromatic rings. The molecule has 0 aromatic carbocycles. The van der Waals surface area contributed by atoms with E-state index in [0.29, 0.717) is 13.0 Å². The topological polar surface area (TPSA) is 47.3 Å². The van der Waals surface area contributed by atoms with Crippen molar-refractivity contribution in [1.82, 2.24) is 9.78 Å². The molecule has 4 nitrogen and oxygen atoms in total. The molecule has 1 unspecified atom stereocenters. The summed E-state index contributed by atoms with van der Waals surface area (Å²) in [5.74, 6) is 0. The number of nitrogens with zero attached hydrogens (tertiary/aromatic N) is 2. The van der Waals surface area contributed by atoms with Crippen molar-refractivity contribution >= 4 is 0 Å². The largest absolute Gasteiger partial charge is 0.389 e. The molecular formula is C11H18N2O2. The van der Waals surface area contributed by atoms with Crippen molar-refractivity contribution in [3.05, 3.63) is 18.0 Å². The summed E-state index contributed by atoms with van der Waals surface area (Å²) in [5, 5.41) is 14.5. The summed E-state index contributed by atoms with van der Waals surface area (Å²) in [5.41, 5.74) is 0.501. The summed E-state index contributed by atoms with van der Waals surface area (Å²) < 4.78 is 7.12. The van der Waals surface area contributed by atoms with Crippen LogP contribution in [0, 0.1) is 0 Å².